The van der Waals surface area contributed by atoms with Crippen LogP contribution in [0.3, 0.4) is 0 Å². The summed E-state index contributed by atoms with van der Waals surface area (Å²) >= 11 is 1.52. The highest BCUT2D eigenvalue weighted by molar-refractivity contribution is 7.19. The van der Waals surface area contributed by atoms with Crippen molar-refractivity contribution in [1.29, 1.82) is 0 Å². The maximum atomic E-state index is 13.4. The molecule has 0 atom stereocenters. The summed E-state index contributed by atoms with van der Waals surface area (Å²) in [5, 5.41) is 3.77. The summed E-state index contributed by atoms with van der Waals surface area (Å²) in [6.45, 7) is 1.90. The molecule has 0 saturated heterocycles. The average molecular weight is 483 g/mol. The topological polar surface area (TPSA) is 42.0 Å². The van der Waals surface area contributed by atoms with Gasteiger partial charge in [-0.25, -0.2) is 4.39 Å². The van der Waals surface area contributed by atoms with E-state index in [9.17, 15) is 22.4 Å². The molecule has 0 spiro atoms. The monoisotopic (exact) mass is 482 g/mol. The van der Waals surface area contributed by atoms with E-state index in [0.29, 0.717) is 22.4 Å². The molecule has 2 heterocycles. The highest BCUT2D eigenvalue weighted by atomic mass is 32.1. The SMILES string of the molecule is Cc1sc2cnccc2c1NC(=O)/C=C/C=C(\c1ccc(F)cc1)c1ccc(C(F)(F)F)cc1. The number of aromatic nitrogens is 1. The van der Waals surface area contributed by atoms with Crippen molar-refractivity contribution < 1.29 is 22.4 Å². The fourth-order valence-corrected chi connectivity index (χ4v) is 4.44. The molecule has 4 rings (SSSR count). The fourth-order valence-electron chi connectivity index (χ4n) is 3.45. The predicted octanol–water partition coefficient (Wildman–Crippen LogP) is 7.39. The number of thiophene rings is 1. The molecule has 1 amide bonds. The van der Waals surface area contributed by atoms with Crippen molar-refractivity contribution in [2.24, 2.45) is 0 Å². The molecule has 4 aromatic rings. The number of carbonyl (C=O) groups is 1. The van der Waals surface area contributed by atoms with Crippen LogP contribution in [0.15, 0.2) is 85.2 Å². The third kappa shape index (κ3) is 5.23. The van der Waals surface area contributed by atoms with Gasteiger partial charge in [0.2, 0.25) is 5.91 Å². The zero-order chi connectivity index (χ0) is 24.3. The minimum Gasteiger partial charge on any atom is -0.321 e. The second kappa shape index (κ2) is 9.61. The Kier molecular flexibility index (Phi) is 6.61. The first-order valence-electron chi connectivity index (χ1n) is 10.2. The lowest BCUT2D eigenvalue weighted by Gasteiger charge is -2.11. The summed E-state index contributed by atoms with van der Waals surface area (Å²) in [5.41, 5.74) is 1.58. The Hall–Kier alpha value is -3.78. The number of pyridine rings is 1. The van der Waals surface area contributed by atoms with E-state index in [-0.39, 0.29) is 5.91 Å². The molecule has 8 heteroatoms. The van der Waals surface area contributed by atoms with Gasteiger partial charge in [0.05, 0.1) is 16.0 Å². The molecule has 2 aromatic heterocycles. The molecule has 0 aliphatic carbocycles. The van der Waals surface area contributed by atoms with Gasteiger partial charge in [0.25, 0.3) is 0 Å². The summed E-state index contributed by atoms with van der Waals surface area (Å²) in [7, 11) is 0. The summed E-state index contributed by atoms with van der Waals surface area (Å²) in [4.78, 5) is 17.6. The molecule has 0 bridgehead atoms. The zero-order valence-corrected chi connectivity index (χ0v) is 18.7. The summed E-state index contributed by atoms with van der Waals surface area (Å²) in [6.07, 6.45) is 3.39. The molecule has 0 saturated carbocycles. The Morgan fingerprint density at radius 2 is 1.65 bits per heavy atom. The molecular weight excluding hydrogens is 464 g/mol. The maximum absolute atomic E-state index is 13.4. The Labute approximate surface area is 197 Å². The first-order chi connectivity index (χ1) is 16.2. The summed E-state index contributed by atoms with van der Waals surface area (Å²) in [5.74, 6) is -0.791. The lowest BCUT2D eigenvalue weighted by molar-refractivity contribution is -0.137. The third-order valence-corrected chi connectivity index (χ3v) is 6.16. The molecule has 0 fully saturated rings. The normalized spacial score (nSPS) is 12.4. The van der Waals surface area contributed by atoms with Crippen molar-refractivity contribution in [2.45, 2.75) is 13.1 Å². The van der Waals surface area contributed by atoms with Crippen LogP contribution in [0.2, 0.25) is 0 Å². The van der Waals surface area contributed by atoms with E-state index >= 15 is 0 Å². The van der Waals surface area contributed by atoms with E-state index in [0.717, 1.165) is 27.1 Å². The smallest absolute Gasteiger partial charge is 0.321 e. The summed E-state index contributed by atoms with van der Waals surface area (Å²) in [6, 6.07) is 12.1. The first kappa shape index (κ1) is 23.4. The predicted molar refractivity (Wildman–Crippen MR) is 127 cm³/mol. The molecule has 0 radical (unpaired) electrons. The van der Waals surface area contributed by atoms with Crippen LogP contribution in [0, 0.1) is 12.7 Å². The number of carbonyl (C=O) groups excluding carboxylic acids is 1. The van der Waals surface area contributed by atoms with E-state index in [1.807, 2.05) is 13.0 Å². The average Bonchev–Trinajstić information content (AvgIpc) is 3.12. The van der Waals surface area contributed by atoms with Gasteiger partial charge >= 0.3 is 6.18 Å². The lowest BCUT2D eigenvalue weighted by Crippen LogP contribution is -2.08. The lowest BCUT2D eigenvalue weighted by atomic mass is 9.96. The van der Waals surface area contributed by atoms with E-state index in [1.165, 1.54) is 59.9 Å². The van der Waals surface area contributed by atoms with Crippen LogP contribution in [0.25, 0.3) is 15.7 Å². The van der Waals surface area contributed by atoms with E-state index in [4.69, 9.17) is 0 Å². The van der Waals surface area contributed by atoms with E-state index in [1.54, 1.807) is 18.5 Å². The van der Waals surface area contributed by atoms with Crippen LogP contribution in [0.1, 0.15) is 21.6 Å². The molecule has 34 heavy (non-hydrogen) atoms. The number of amides is 1. The maximum Gasteiger partial charge on any atom is 0.416 e. The standard InChI is InChI=1S/C26H18F4N2OS/c1-16-25(22-13-14-31-15-23(22)34-16)32-24(33)4-2-3-21(18-7-11-20(27)12-8-18)17-5-9-19(10-6-17)26(28,29)30/h2-15H,1H3,(H,32,33)/b4-2+,21-3-. The number of allylic oxidation sites excluding steroid dienone is 2. The number of anilines is 1. The van der Waals surface area contributed by atoms with Gasteiger partial charge < -0.3 is 5.32 Å². The quantitative estimate of drug-likeness (QED) is 0.183. The van der Waals surface area contributed by atoms with Crippen LogP contribution < -0.4 is 5.32 Å². The van der Waals surface area contributed by atoms with Crippen LogP contribution in [0.4, 0.5) is 23.2 Å². The van der Waals surface area contributed by atoms with Gasteiger partial charge in [0.15, 0.2) is 0 Å². The van der Waals surface area contributed by atoms with Crippen molar-refractivity contribution in [3.05, 3.63) is 113 Å². The number of aryl methyl sites for hydroxylation is 1. The molecule has 0 unspecified atom stereocenters. The van der Waals surface area contributed by atoms with Crippen LogP contribution in [-0.2, 0) is 11.0 Å². The number of halogens is 4. The number of rotatable bonds is 5. The largest absolute Gasteiger partial charge is 0.416 e. The minimum atomic E-state index is -4.45. The minimum absolute atomic E-state index is 0.360. The van der Waals surface area contributed by atoms with Gasteiger partial charge in [-0.3, -0.25) is 9.78 Å². The number of fused-ring (bicyclic) bond motifs is 1. The number of alkyl halides is 3. The van der Waals surface area contributed by atoms with Gasteiger partial charge in [-0.05, 0) is 54.0 Å². The molecule has 0 aliphatic heterocycles. The number of nitrogens with one attached hydrogen (secondary N) is 1. The molecule has 0 aliphatic rings. The van der Waals surface area contributed by atoms with Crippen molar-refractivity contribution in [1.82, 2.24) is 4.98 Å². The Balaban J connectivity index is 1.61. The molecule has 3 nitrogen and oxygen atoms in total. The highest BCUT2D eigenvalue weighted by Gasteiger charge is 2.30. The van der Waals surface area contributed by atoms with Gasteiger partial charge in [-0.1, -0.05) is 36.4 Å². The van der Waals surface area contributed by atoms with Crippen LogP contribution in [-0.4, -0.2) is 10.9 Å². The second-order valence-corrected chi connectivity index (χ2v) is 8.67. The molecule has 1 N–H and O–H groups in total. The second-order valence-electron chi connectivity index (χ2n) is 7.42. The van der Waals surface area contributed by atoms with Gasteiger partial charge in [0.1, 0.15) is 5.82 Å². The van der Waals surface area contributed by atoms with Gasteiger partial charge in [0, 0.05) is 28.7 Å². The number of hydrogen-bond donors (Lipinski definition) is 1. The summed E-state index contributed by atoms with van der Waals surface area (Å²) < 4.78 is 53.2. The highest BCUT2D eigenvalue weighted by Crippen LogP contribution is 2.34. The van der Waals surface area contributed by atoms with E-state index < -0.39 is 17.6 Å². The van der Waals surface area contributed by atoms with Crippen LogP contribution >= 0.6 is 11.3 Å². The van der Waals surface area contributed by atoms with Gasteiger partial charge in [-0.2, -0.15) is 13.2 Å². The number of nitrogens with zero attached hydrogens (tertiary/aromatic N) is 1. The van der Waals surface area contributed by atoms with Crippen molar-refractivity contribution in [3.63, 3.8) is 0 Å². The number of benzene rings is 2. The van der Waals surface area contributed by atoms with Crippen molar-refractivity contribution >= 4 is 38.6 Å². The number of hydrogen-bond acceptors (Lipinski definition) is 3. The molecule has 172 valence electrons. The third-order valence-electron chi connectivity index (χ3n) is 5.11. The van der Waals surface area contributed by atoms with Gasteiger partial charge in [-0.15, -0.1) is 11.3 Å². The van der Waals surface area contributed by atoms with Crippen molar-refractivity contribution in [3.8, 4) is 0 Å². The van der Waals surface area contributed by atoms with Crippen LogP contribution in [0.5, 0.6) is 0 Å². The zero-order valence-electron chi connectivity index (χ0n) is 17.9. The molecule has 2 aromatic carbocycles. The fraction of sp³-hybridized carbons (Fsp3) is 0.0769. The Morgan fingerprint density at radius 3 is 2.29 bits per heavy atom. The first-order valence-corrected chi connectivity index (χ1v) is 11.0. The van der Waals surface area contributed by atoms with E-state index in [2.05, 4.69) is 10.3 Å². The Morgan fingerprint density at radius 1 is 1.00 bits per heavy atom. The van der Waals surface area contributed by atoms with Crippen molar-refractivity contribution in [2.75, 3.05) is 5.32 Å². The Bertz CT molecular complexity index is 1390. The molecular formula is C26H18F4N2OS.